The SMILES string of the molecule is CN(C)C(=O)CN1CCC[C@H]1c1cccc(Cc2cccc(F)c2)n1. The summed E-state index contributed by atoms with van der Waals surface area (Å²) in [7, 11) is 3.57. The fraction of sp³-hybridized carbons (Fsp3) is 0.400. The van der Waals surface area contributed by atoms with Crippen LogP contribution < -0.4 is 0 Å². The lowest BCUT2D eigenvalue weighted by Crippen LogP contribution is -2.36. The van der Waals surface area contributed by atoms with Gasteiger partial charge < -0.3 is 4.90 Å². The third-order valence-corrected chi connectivity index (χ3v) is 4.64. The Hall–Kier alpha value is -2.27. The quantitative estimate of drug-likeness (QED) is 0.839. The Morgan fingerprint density at radius 3 is 2.84 bits per heavy atom. The second-order valence-corrected chi connectivity index (χ2v) is 6.78. The van der Waals surface area contributed by atoms with Crippen molar-refractivity contribution in [2.75, 3.05) is 27.2 Å². The summed E-state index contributed by atoms with van der Waals surface area (Å²) in [6, 6.07) is 12.8. The number of hydrogen-bond donors (Lipinski definition) is 0. The lowest BCUT2D eigenvalue weighted by atomic mass is 10.1. The van der Waals surface area contributed by atoms with Crippen molar-refractivity contribution in [2.24, 2.45) is 0 Å². The van der Waals surface area contributed by atoms with Gasteiger partial charge in [-0.3, -0.25) is 14.7 Å². The lowest BCUT2D eigenvalue weighted by Gasteiger charge is -2.25. The Morgan fingerprint density at radius 1 is 1.28 bits per heavy atom. The highest BCUT2D eigenvalue weighted by molar-refractivity contribution is 5.77. The van der Waals surface area contributed by atoms with Crippen molar-refractivity contribution in [2.45, 2.75) is 25.3 Å². The van der Waals surface area contributed by atoms with Crippen molar-refractivity contribution in [1.29, 1.82) is 0 Å². The number of benzene rings is 1. The van der Waals surface area contributed by atoms with E-state index in [1.807, 2.05) is 24.3 Å². The molecule has 1 saturated heterocycles. The molecule has 1 atom stereocenters. The van der Waals surface area contributed by atoms with Crippen LogP contribution in [-0.4, -0.2) is 47.9 Å². The van der Waals surface area contributed by atoms with Crippen LogP contribution >= 0.6 is 0 Å². The van der Waals surface area contributed by atoms with E-state index in [4.69, 9.17) is 4.98 Å². The number of aromatic nitrogens is 1. The molecule has 1 aliphatic rings. The predicted molar refractivity (Wildman–Crippen MR) is 95.7 cm³/mol. The number of pyridine rings is 1. The van der Waals surface area contributed by atoms with Crippen LogP contribution in [0.5, 0.6) is 0 Å². The van der Waals surface area contributed by atoms with E-state index in [1.165, 1.54) is 6.07 Å². The number of likely N-dealkylation sites (tertiary alicyclic amines) is 1. The molecule has 3 rings (SSSR count). The molecule has 1 aliphatic heterocycles. The van der Waals surface area contributed by atoms with Crippen molar-refractivity contribution in [3.8, 4) is 0 Å². The van der Waals surface area contributed by atoms with Gasteiger partial charge in [0, 0.05) is 26.2 Å². The fourth-order valence-electron chi connectivity index (χ4n) is 3.30. The molecule has 0 unspecified atom stereocenters. The number of likely N-dealkylation sites (N-methyl/N-ethyl adjacent to an activating group) is 1. The van der Waals surface area contributed by atoms with Gasteiger partial charge in [-0.1, -0.05) is 18.2 Å². The van der Waals surface area contributed by atoms with Gasteiger partial charge in [-0.2, -0.15) is 0 Å². The van der Waals surface area contributed by atoms with Gasteiger partial charge in [-0.15, -0.1) is 0 Å². The summed E-state index contributed by atoms with van der Waals surface area (Å²) in [6.07, 6.45) is 2.69. The first kappa shape index (κ1) is 17.5. The minimum absolute atomic E-state index is 0.114. The van der Waals surface area contributed by atoms with Gasteiger partial charge in [-0.25, -0.2) is 4.39 Å². The zero-order chi connectivity index (χ0) is 17.8. The number of carbonyl (C=O) groups is 1. The van der Waals surface area contributed by atoms with Crippen LogP contribution in [0.4, 0.5) is 4.39 Å². The summed E-state index contributed by atoms with van der Waals surface area (Å²) >= 11 is 0. The van der Waals surface area contributed by atoms with Crippen LogP contribution in [0, 0.1) is 5.82 Å². The Morgan fingerprint density at radius 2 is 2.08 bits per heavy atom. The van der Waals surface area contributed by atoms with E-state index < -0.39 is 0 Å². The zero-order valence-corrected chi connectivity index (χ0v) is 14.8. The fourth-order valence-corrected chi connectivity index (χ4v) is 3.30. The maximum atomic E-state index is 13.4. The molecule has 1 aromatic carbocycles. The molecule has 0 spiro atoms. The van der Waals surface area contributed by atoms with E-state index in [0.717, 1.165) is 36.3 Å². The number of rotatable bonds is 5. The highest BCUT2D eigenvalue weighted by Gasteiger charge is 2.29. The highest BCUT2D eigenvalue weighted by atomic mass is 19.1. The monoisotopic (exact) mass is 341 g/mol. The van der Waals surface area contributed by atoms with E-state index >= 15 is 0 Å². The van der Waals surface area contributed by atoms with Crippen molar-refractivity contribution >= 4 is 5.91 Å². The first-order chi connectivity index (χ1) is 12.0. The van der Waals surface area contributed by atoms with Crippen molar-refractivity contribution in [3.05, 3.63) is 65.2 Å². The minimum atomic E-state index is -0.224. The molecule has 1 amide bonds. The zero-order valence-electron chi connectivity index (χ0n) is 14.8. The number of nitrogens with zero attached hydrogens (tertiary/aromatic N) is 3. The molecule has 25 heavy (non-hydrogen) atoms. The van der Waals surface area contributed by atoms with E-state index in [9.17, 15) is 9.18 Å². The van der Waals surface area contributed by atoms with E-state index in [1.54, 1.807) is 31.1 Å². The summed E-state index contributed by atoms with van der Waals surface area (Å²) in [5.74, 6) is -0.111. The summed E-state index contributed by atoms with van der Waals surface area (Å²) in [4.78, 5) is 20.7. The van der Waals surface area contributed by atoms with Crippen LogP contribution in [0.3, 0.4) is 0 Å². The topological polar surface area (TPSA) is 36.4 Å². The maximum absolute atomic E-state index is 13.4. The molecule has 2 heterocycles. The Kier molecular flexibility index (Phi) is 5.43. The summed E-state index contributed by atoms with van der Waals surface area (Å²) in [6.45, 7) is 1.34. The third kappa shape index (κ3) is 4.42. The highest BCUT2D eigenvalue weighted by Crippen LogP contribution is 2.30. The predicted octanol–water partition coefficient (Wildman–Crippen LogP) is 3.04. The number of halogens is 1. The molecule has 1 fully saturated rings. The van der Waals surface area contributed by atoms with Crippen molar-refractivity contribution in [1.82, 2.24) is 14.8 Å². The normalized spacial score (nSPS) is 17.6. The number of hydrogen-bond acceptors (Lipinski definition) is 3. The molecule has 4 nitrogen and oxygen atoms in total. The van der Waals surface area contributed by atoms with Crippen molar-refractivity contribution in [3.63, 3.8) is 0 Å². The van der Waals surface area contributed by atoms with E-state index in [2.05, 4.69) is 4.90 Å². The average molecular weight is 341 g/mol. The van der Waals surface area contributed by atoms with Gasteiger partial charge in [0.05, 0.1) is 18.3 Å². The molecule has 0 N–H and O–H groups in total. The van der Waals surface area contributed by atoms with Gasteiger partial charge in [0.2, 0.25) is 5.91 Å². The van der Waals surface area contributed by atoms with Gasteiger partial charge in [0.1, 0.15) is 5.82 Å². The first-order valence-electron chi connectivity index (χ1n) is 8.67. The molecule has 0 aliphatic carbocycles. The second kappa shape index (κ2) is 7.74. The molecule has 0 saturated carbocycles. The van der Waals surface area contributed by atoms with Crippen LogP contribution in [0.1, 0.15) is 35.8 Å². The van der Waals surface area contributed by atoms with Gasteiger partial charge in [0.15, 0.2) is 0 Å². The Bertz CT molecular complexity index is 747. The molecule has 1 aromatic heterocycles. The van der Waals surface area contributed by atoms with Gasteiger partial charge >= 0.3 is 0 Å². The summed E-state index contributed by atoms with van der Waals surface area (Å²) in [5.41, 5.74) is 2.84. The first-order valence-corrected chi connectivity index (χ1v) is 8.67. The average Bonchev–Trinajstić information content (AvgIpc) is 3.03. The van der Waals surface area contributed by atoms with Crippen LogP contribution in [0.15, 0.2) is 42.5 Å². The molecule has 132 valence electrons. The maximum Gasteiger partial charge on any atom is 0.236 e. The van der Waals surface area contributed by atoms with Crippen LogP contribution in [0.2, 0.25) is 0 Å². The Balaban J connectivity index is 1.75. The molecular weight excluding hydrogens is 317 g/mol. The number of carbonyl (C=O) groups excluding carboxylic acids is 1. The molecular formula is C20H24FN3O. The smallest absolute Gasteiger partial charge is 0.236 e. The largest absolute Gasteiger partial charge is 0.348 e. The molecule has 5 heteroatoms. The lowest BCUT2D eigenvalue weighted by molar-refractivity contribution is -0.130. The number of amides is 1. The molecule has 2 aromatic rings. The molecule has 0 radical (unpaired) electrons. The second-order valence-electron chi connectivity index (χ2n) is 6.78. The van der Waals surface area contributed by atoms with E-state index in [0.29, 0.717) is 13.0 Å². The summed E-state index contributed by atoms with van der Waals surface area (Å²) in [5, 5.41) is 0. The minimum Gasteiger partial charge on any atom is -0.348 e. The van der Waals surface area contributed by atoms with Gasteiger partial charge in [0.25, 0.3) is 0 Å². The van der Waals surface area contributed by atoms with Gasteiger partial charge in [-0.05, 0) is 49.2 Å². The molecule has 0 bridgehead atoms. The van der Waals surface area contributed by atoms with Crippen molar-refractivity contribution < 1.29 is 9.18 Å². The standard InChI is InChI=1S/C20H24FN3O/c1-23(2)20(25)14-24-11-5-10-19(24)18-9-4-8-17(22-18)13-15-6-3-7-16(21)12-15/h3-4,6-9,12,19H,5,10-11,13-14H2,1-2H3/t19-/m0/s1. The van der Waals surface area contributed by atoms with Crippen LogP contribution in [0.25, 0.3) is 0 Å². The summed E-state index contributed by atoms with van der Waals surface area (Å²) < 4.78 is 13.4. The van der Waals surface area contributed by atoms with E-state index in [-0.39, 0.29) is 17.8 Å². The van der Waals surface area contributed by atoms with Crippen LogP contribution in [-0.2, 0) is 11.2 Å². The Labute approximate surface area is 148 Å². The third-order valence-electron chi connectivity index (χ3n) is 4.64.